The topological polar surface area (TPSA) is 30.7 Å². The van der Waals surface area contributed by atoms with Gasteiger partial charge >= 0.3 is 0 Å². The Hall–Kier alpha value is -8.14. The van der Waals surface area contributed by atoms with Crippen LogP contribution in [-0.2, 0) is 0 Å². The predicted molar refractivity (Wildman–Crippen MR) is 256 cm³/mol. The van der Waals surface area contributed by atoms with Gasteiger partial charge in [-0.3, -0.25) is 0 Å². The molecule has 0 radical (unpaired) electrons. The van der Waals surface area contributed by atoms with Gasteiger partial charge in [-0.05, 0) is 115 Å². The van der Waals surface area contributed by atoms with Crippen LogP contribution in [-0.4, -0.2) is 14.5 Å². The fraction of sp³-hybridized carbons (Fsp3) is 0. The molecule has 0 spiro atoms. The van der Waals surface area contributed by atoms with Gasteiger partial charge in [-0.2, -0.15) is 0 Å². The quantitative estimate of drug-likeness (QED) is 0.168. The zero-order valence-electron chi connectivity index (χ0n) is 33.2. The third-order valence-corrected chi connectivity index (χ3v) is 12.2. The van der Waals surface area contributed by atoms with Crippen molar-refractivity contribution in [1.29, 1.82) is 0 Å². The van der Waals surface area contributed by atoms with E-state index in [1.165, 1.54) is 76.4 Å². The van der Waals surface area contributed by atoms with Crippen LogP contribution in [0.25, 0.3) is 116 Å². The van der Waals surface area contributed by atoms with Gasteiger partial charge in [0.25, 0.3) is 0 Å². The number of aromatic nitrogens is 3. The van der Waals surface area contributed by atoms with E-state index in [4.69, 9.17) is 9.97 Å². The maximum atomic E-state index is 5.09. The number of hydrogen-bond acceptors (Lipinski definition) is 2. The molecule has 0 fully saturated rings. The standard InChI is InChI=1S/C58H37N3/c1-3-13-41(14-4-1)53-37-54(42-15-5-2-6-16-42)60-58(59-53)43-28-31-48(32-29-43)61-55-21-10-9-19-51(55)57-52-36-45(26-24-40(52)30-33-56(57)61)44-25-22-38-23-27-46(35-47(38)34-44)50-20-11-17-39-12-7-8-18-49(39)50/h1-37H. The molecule has 10 aromatic carbocycles. The molecular formula is C58H37N3. The smallest absolute Gasteiger partial charge is 0.160 e. The predicted octanol–water partition coefficient (Wildman–Crippen LogP) is 15.4. The summed E-state index contributed by atoms with van der Waals surface area (Å²) in [5.74, 6) is 0.700. The van der Waals surface area contributed by atoms with Gasteiger partial charge in [-0.15, -0.1) is 0 Å². The largest absolute Gasteiger partial charge is 0.309 e. The Bertz CT molecular complexity index is 3560. The molecule has 0 amide bonds. The van der Waals surface area contributed by atoms with E-state index in [1.807, 2.05) is 12.1 Å². The summed E-state index contributed by atoms with van der Waals surface area (Å²) in [7, 11) is 0. The Labute approximate surface area is 353 Å². The zero-order valence-corrected chi connectivity index (χ0v) is 33.2. The fourth-order valence-corrected chi connectivity index (χ4v) is 9.17. The van der Waals surface area contributed by atoms with E-state index in [1.54, 1.807) is 0 Å². The van der Waals surface area contributed by atoms with Crippen molar-refractivity contribution in [2.45, 2.75) is 0 Å². The highest BCUT2D eigenvalue weighted by atomic mass is 15.0. The van der Waals surface area contributed by atoms with Crippen molar-refractivity contribution in [3.8, 4) is 61.8 Å². The van der Waals surface area contributed by atoms with Crippen molar-refractivity contribution in [1.82, 2.24) is 14.5 Å². The first-order chi connectivity index (χ1) is 30.2. The van der Waals surface area contributed by atoms with Gasteiger partial charge in [0.2, 0.25) is 0 Å². The van der Waals surface area contributed by atoms with Gasteiger partial charge in [0.1, 0.15) is 0 Å². The molecule has 0 saturated carbocycles. The lowest BCUT2D eigenvalue weighted by molar-refractivity contribution is 1.16. The Kier molecular flexibility index (Phi) is 8.17. The number of fused-ring (bicyclic) bond motifs is 7. The van der Waals surface area contributed by atoms with Gasteiger partial charge < -0.3 is 4.57 Å². The molecule has 0 saturated heterocycles. The van der Waals surface area contributed by atoms with E-state index in [9.17, 15) is 0 Å². The summed E-state index contributed by atoms with van der Waals surface area (Å²) in [5, 5.41) is 9.94. The van der Waals surface area contributed by atoms with Crippen LogP contribution in [0.3, 0.4) is 0 Å². The zero-order chi connectivity index (χ0) is 40.3. The van der Waals surface area contributed by atoms with Crippen LogP contribution in [0.5, 0.6) is 0 Å². The van der Waals surface area contributed by atoms with E-state index < -0.39 is 0 Å². The molecule has 12 rings (SSSR count). The molecule has 284 valence electrons. The van der Waals surface area contributed by atoms with Gasteiger partial charge in [0, 0.05) is 33.2 Å². The summed E-state index contributed by atoms with van der Waals surface area (Å²) in [6.45, 7) is 0. The van der Waals surface area contributed by atoms with E-state index in [-0.39, 0.29) is 0 Å². The average Bonchev–Trinajstić information content (AvgIpc) is 3.68. The molecule has 0 aliphatic heterocycles. The minimum atomic E-state index is 0.700. The van der Waals surface area contributed by atoms with Crippen molar-refractivity contribution < 1.29 is 0 Å². The molecule has 3 heteroatoms. The second-order valence-electron chi connectivity index (χ2n) is 15.8. The van der Waals surface area contributed by atoms with Crippen LogP contribution in [0.2, 0.25) is 0 Å². The fourth-order valence-electron chi connectivity index (χ4n) is 9.17. The van der Waals surface area contributed by atoms with Gasteiger partial charge in [0.15, 0.2) is 5.82 Å². The van der Waals surface area contributed by atoms with E-state index >= 15 is 0 Å². The first kappa shape index (κ1) is 34.9. The molecule has 61 heavy (non-hydrogen) atoms. The maximum Gasteiger partial charge on any atom is 0.160 e. The highest BCUT2D eigenvalue weighted by molar-refractivity contribution is 6.22. The minimum absolute atomic E-state index is 0.700. The number of para-hydroxylation sites is 1. The molecule has 2 heterocycles. The summed E-state index contributed by atoms with van der Waals surface area (Å²) in [5.41, 5.74) is 13.2. The van der Waals surface area contributed by atoms with Gasteiger partial charge in [-0.1, -0.05) is 164 Å². The van der Waals surface area contributed by atoms with E-state index in [2.05, 4.69) is 217 Å². The van der Waals surface area contributed by atoms with Crippen molar-refractivity contribution in [3.63, 3.8) is 0 Å². The van der Waals surface area contributed by atoms with Crippen molar-refractivity contribution in [2.75, 3.05) is 0 Å². The maximum absolute atomic E-state index is 5.09. The average molecular weight is 776 g/mol. The first-order valence-electron chi connectivity index (χ1n) is 20.8. The monoisotopic (exact) mass is 775 g/mol. The molecule has 2 aromatic heterocycles. The second kappa shape index (κ2) is 14.3. The molecule has 12 aromatic rings. The minimum Gasteiger partial charge on any atom is -0.309 e. The Morgan fingerprint density at radius 3 is 1.61 bits per heavy atom. The van der Waals surface area contributed by atoms with Gasteiger partial charge in [-0.25, -0.2) is 9.97 Å². The van der Waals surface area contributed by atoms with Crippen molar-refractivity contribution >= 4 is 54.1 Å². The first-order valence-corrected chi connectivity index (χ1v) is 20.8. The van der Waals surface area contributed by atoms with Crippen LogP contribution in [0.1, 0.15) is 0 Å². The van der Waals surface area contributed by atoms with Crippen LogP contribution in [0.4, 0.5) is 0 Å². The summed E-state index contributed by atoms with van der Waals surface area (Å²) < 4.78 is 2.39. The van der Waals surface area contributed by atoms with Gasteiger partial charge in [0.05, 0.1) is 22.4 Å². The Morgan fingerprint density at radius 1 is 0.295 bits per heavy atom. The molecule has 0 atom stereocenters. The van der Waals surface area contributed by atoms with Crippen LogP contribution >= 0.6 is 0 Å². The molecular weight excluding hydrogens is 739 g/mol. The van der Waals surface area contributed by atoms with Crippen LogP contribution < -0.4 is 0 Å². The van der Waals surface area contributed by atoms with Crippen LogP contribution in [0.15, 0.2) is 224 Å². The number of rotatable bonds is 6. The third kappa shape index (κ3) is 6.06. The molecule has 0 bridgehead atoms. The summed E-state index contributed by atoms with van der Waals surface area (Å²) in [6.07, 6.45) is 0. The lowest BCUT2D eigenvalue weighted by Gasteiger charge is -2.12. The molecule has 3 nitrogen and oxygen atoms in total. The van der Waals surface area contributed by atoms with Crippen LogP contribution in [0, 0.1) is 0 Å². The SMILES string of the molecule is c1ccc(-c2cc(-c3ccccc3)nc(-c3ccc(-n4c5ccccc5c5c6cc(-c7ccc8ccc(-c9cccc%10ccccc9%10)cc8c7)ccc6ccc54)cc3)n2)cc1. The molecule has 0 aliphatic rings. The summed E-state index contributed by atoms with van der Waals surface area (Å²) in [4.78, 5) is 10.2. The normalized spacial score (nSPS) is 11.6. The lowest BCUT2D eigenvalue weighted by Crippen LogP contribution is -1.97. The highest BCUT2D eigenvalue weighted by Gasteiger charge is 2.17. The number of nitrogens with zero attached hydrogens (tertiary/aromatic N) is 3. The molecule has 0 N–H and O–H groups in total. The number of benzene rings is 10. The van der Waals surface area contributed by atoms with Crippen molar-refractivity contribution in [2.24, 2.45) is 0 Å². The van der Waals surface area contributed by atoms with E-state index in [0.717, 1.165) is 33.8 Å². The van der Waals surface area contributed by atoms with Crippen molar-refractivity contribution in [3.05, 3.63) is 224 Å². The Balaban J connectivity index is 0.957. The highest BCUT2D eigenvalue weighted by Crippen LogP contribution is 2.40. The third-order valence-electron chi connectivity index (χ3n) is 12.2. The summed E-state index contributed by atoms with van der Waals surface area (Å²) >= 11 is 0. The summed E-state index contributed by atoms with van der Waals surface area (Å²) in [6, 6.07) is 80.6. The lowest BCUT2D eigenvalue weighted by atomic mass is 9.94. The molecule has 0 unspecified atom stereocenters. The number of hydrogen-bond donors (Lipinski definition) is 0. The van der Waals surface area contributed by atoms with E-state index in [0.29, 0.717) is 5.82 Å². The second-order valence-corrected chi connectivity index (χ2v) is 15.8. The Morgan fingerprint density at radius 2 is 0.852 bits per heavy atom. The molecule has 0 aliphatic carbocycles.